The van der Waals surface area contributed by atoms with Crippen LogP contribution in [0.5, 0.6) is 17.2 Å². The molecule has 8 heteroatoms. The van der Waals surface area contributed by atoms with Gasteiger partial charge >= 0.3 is 17.9 Å². The Kier molecular flexibility index (Phi) is 15.4. The van der Waals surface area contributed by atoms with Crippen LogP contribution in [-0.4, -0.2) is 44.8 Å². The molecule has 0 saturated carbocycles. The summed E-state index contributed by atoms with van der Waals surface area (Å²) in [5.74, 6) is 0.0629. The second kappa shape index (κ2) is 19.1. The van der Waals surface area contributed by atoms with E-state index in [4.69, 9.17) is 23.7 Å². The molecule has 0 aliphatic rings. The molecule has 0 aromatic heterocycles. The minimum Gasteiger partial charge on any atom is -0.494 e. The molecule has 8 nitrogen and oxygen atoms in total. The SMILES string of the molecule is C=C(C)C(=O)OCCCCCCCCOc1ccc(C(=O)Oc2ccc(/C=C/C(=O)OCCCC)cc2OC)cc1. The minimum atomic E-state index is -0.521. The summed E-state index contributed by atoms with van der Waals surface area (Å²) in [5, 5.41) is 0. The summed E-state index contributed by atoms with van der Waals surface area (Å²) < 4.78 is 26.9. The van der Waals surface area contributed by atoms with E-state index in [1.807, 2.05) is 6.92 Å². The lowest BCUT2D eigenvalue weighted by Crippen LogP contribution is -2.09. The summed E-state index contributed by atoms with van der Waals surface area (Å²) in [4.78, 5) is 35.8. The van der Waals surface area contributed by atoms with E-state index in [2.05, 4.69) is 6.58 Å². The van der Waals surface area contributed by atoms with E-state index in [1.54, 1.807) is 55.5 Å². The number of ether oxygens (including phenoxy) is 5. The highest BCUT2D eigenvalue weighted by Crippen LogP contribution is 2.29. The van der Waals surface area contributed by atoms with Crippen molar-refractivity contribution in [2.45, 2.75) is 65.2 Å². The Morgan fingerprint density at radius 2 is 1.46 bits per heavy atom. The highest BCUT2D eigenvalue weighted by atomic mass is 16.6. The second-order valence-corrected chi connectivity index (χ2v) is 9.56. The smallest absolute Gasteiger partial charge is 0.343 e. The van der Waals surface area contributed by atoms with Gasteiger partial charge in [0.05, 0.1) is 32.5 Å². The first-order chi connectivity index (χ1) is 19.8. The molecule has 0 amide bonds. The number of methoxy groups -OCH3 is 1. The Hall–Kier alpha value is -4.07. The fourth-order valence-corrected chi connectivity index (χ4v) is 3.64. The van der Waals surface area contributed by atoms with Crippen LogP contribution in [0.25, 0.3) is 6.08 Å². The van der Waals surface area contributed by atoms with Crippen molar-refractivity contribution in [3.8, 4) is 17.2 Å². The van der Waals surface area contributed by atoms with E-state index in [1.165, 1.54) is 13.2 Å². The number of carbonyl (C=O) groups excluding carboxylic acids is 3. The minimum absolute atomic E-state index is 0.272. The Morgan fingerprint density at radius 3 is 2.12 bits per heavy atom. The lowest BCUT2D eigenvalue weighted by molar-refractivity contribution is -0.139. The molecular formula is C33H42O8. The number of carbonyl (C=O) groups is 3. The lowest BCUT2D eigenvalue weighted by atomic mass is 10.1. The Balaban J connectivity index is 1.71. The molecule has 2 rings (SSSR count). The van der Waals surface area contributed by atoms with Gasteiger partial charge in [-0.05, 0) is 74.2 Å². The van der Waals surface area contributed by atoms with E-state index in [-0.39, 0.29) is 11.7 Å². The highest BCUT2D eigenvalue weighted by Gasteiger charge is 2.13. The molecule has 0 atom stereocenters. The molecule has 0 unspecified atom stereocenters. The molecular weight excluding hydrogens is 524 g/mol. The maximum atomic E-state index is 12.7. The zero-order valence-electron chi connectivity index (χ0n) is 24.4. The van der Waals surface area contributed by atoms with Gasteiger partial charge in [0.15, 0.2) is 11.5 Å². The van der Waals surface area contributed by atoms with Crippen LogP contribution in [0.3, 0.4) is 0 Å². The van der Waals surface area contributed by atoms with Gasteiger partial charge in [0, 0.05) is 11.6 Å². The van der Waals surface area contributed by atoms with Crippen LogP contribution < -0.4 is 14.2 Å². The number of hydrogen-bond acceptors (Lipinski definition) is 8. The van der Waals surface area contributed by atoms with Crippen LogP contribution in [0.1, 0.15) is 81.1 Å². The van der Waals surface area contributed by atoms with Crippen LogP contribution in [0.4, 0.5) is 0 Å². The van der Waals surface area contributed by atoms with Crippen LogP contribution in [-0.2, 0) is 19.1 Å². The summed E-state index contributed by atoms with van der Waals surface area (Å²) in [5.41, 5.74) is 1.51. The van der Waals surface area contributed by atoms with Gasteiger partial charge < -0.3 is 23.7 Å². The van der Waals surface area contributed by atoms with Gasteiger partial charge in [-0.25, -0.2) is 14.4 Å². The maximum Gasteiger partial charge on any atom is 0.343 e. The molecule has 0 spiro atoms. The molecule has 0 saturated heterocycles. The second-order valence-electron chi connectivity index (χ2n) is 9.56. The first-order valence-electron chi connectivity index (χ1n) is 14.1. The van der Waals surface area contributed by atoms with Crippen molar-refractivity contribution in [3.63, 3.8) is 0 Å². The third-order valence-electron chi connectivity index (χ3n) is 6.02. The third-order valence-corrected chi connectivity index (χ3v) is 6.02. The predicted molar refractivity (Wildman–Crippen MR) is 158 cm³/mol. The third kappa shape index (κ3) is 13.2. The van der Waals surface area contributed by atoms with E-state index >= 15 is 0 Å². The van der Waals surface area contributed by atoms with E-state index in [0.717, 1.165) is 51.4 Å². The quantitative estimate of drug-likeness (QED) is 0.0768. The summed E-state index contributed by atoms with van der Waals surface area (Å²) in [6, 6.07) is 11.8. The molecule has 0 fully saturated rings. The molecule has 0 N–H and O–H groups in total. The predicted octanol–water partition coefficient (Wildman–Crippen LogP) is 7.11. The molecule has 0 heterocycles. The number of esters is 3. The van der Waals surface area contributed by atoms with Gasteiger partial charge in [-0.15, -0.1) is 0 Å². The topological polar surface area (TPSA) is 97.4 Å². The molecule has 2 aromatic carbocycles. The molecule has 0 radical (unpaired) electrons. The molecule has 41 heavy (non-hydrogen) atoms. The Labute approximate surface area is 243 Å². The monoisotopic (exact) mass is 566 g/mol. The molecule has 0 aliphatic carbocycles. The van der Waals surface area contributed by atoms with Crippen LogP contribution in [0.15, 0.2) is 60.7 Å². The molecule has 0 bridgehead atoms. The van der Waals surface area contributed by atoms with Crippen molar-refractivity contribution in [1.82, 2.24) is 0 Å². The highest BCUT2D eigenvalue weighted by molar-refractivity contribution is 5.91. The fraction of sp³-hybridized carbons (Fsp3) is 0.424. The number of benzene rings is 2. The van der Waals surface area contributed by atoms with Gasteiger partial charge in [0.2, 0.25) is 0 Å². The van der Waals surface area contributed by atoms with Crippen LogP contribution in [0.2, 0.25) is 0 Å². The fourth-order valence-electron chi connectivity index (χ4n) is 3.64. The van der Waals surface area contributed by atoms with Gasteiger partial charge in [-0.1, -0.05) is 51.7 Å². The first-order valence-corrected chi connectivity index (χ1v) is 14.1. The van der Waals surface area contributed by atoms with Crippen molar-refractivity contribution >= 4 is 24.0 Å². The molecule has 2 aromatic rings. The number of rotatable bonds is 19. The van der Waals surface area contributed by atoms with Crippen molar-refractivity contribution in [1.29, 1.82) is 0 Å². The Morgan fingerprint density at radius 1 is 0.805 bits per heavy atom. The van der Waals surface area contributed by atoms with Crippen molar-refractivity contribution in [2.75, 3.05) is 26.9 Å². The van der Waals surface area contributed by atoms with E-state index in [0.29, 0.717) is 48.0 Å². The van der Waals surface area contributed by atoms with E-state index < -0.39 is 11.9 Å². The normalized spacial score (nSPS) is 10.7. The summed E-state index contributed by atoms with van der Waals surface area (Å²) in [7, 11) is 1.48. The first kappa shape index (κ1) is 33.1. The average molecular weight is 567 g/mol. The van der Waals surface area contributed by atoms with Gasteiger partial charge in [-0.3, -0.25) is 0 Å². The summed E-state index contributed by atoms with van der Waals surface area (Å²) in [6.07, 6.45) is 10.8. The van der Waals surface area contributed by atoms with Gasteiger partial charge in [0.25, 0.3) is 0 Å². The molecule has 222 valence electrons. The zero-order valence-corrected chi connectivity index (χ0v) is 24.4. The van der Waals surface area contributed by atoms with Crippen LogP contribution in [0, 0.1) is 0 Å². The van der Waals surface area contributed by atoms with E-state index in [9.17, 15) is 14.4 Å². The lowest BCUT2D eigenvalue weighted by Gasteiger charge is -2.11. The summed E-state index contributed by atoms with van der Waals surface area (Å²) >= 11 is 0. The largest absolute Gasteiger partial charge is 0.494 e. The van der Waals surface area contributed by atoms with Crippen molar-refractivity contribution in [3.05, 3.63) is 71.8 Å². The summed E-state index contributed by atoms with van der Waals surface area (Å²) in [6.45, 7) is 8.66. The number of unbranched alkanes of at least 4 members (excludes halogenated alkanes) is 6. The Bertz CT molecular complexity index is 1150. The average Bonchev–Trinajstić information content (AvgIpc) is 2.97. The van der Waals surface area contributed by atoms with Gasteiger partial charge in [0.1, 0.15) is 5.75 Å². The van der Waals surface area contributed by atoms with Crippen molar-refractivity contribution in [2.24, 2.45) is 0 Å². The van der Waals surface area contributed by atoms with Crippen LogP contribution >= 0.6 is 0 Å². The maximum absolute atomic E-state index is 12.7. The van der Waals surface area contributed by atoms with Crippen molar-refractivity contribution < 1.29 is 38.1 Å². The standard InChI is InChI=1S/C33H42O8/c1-5-6-21-39-31(34)20-14-26-13-19-29(30(24-26)37-4)41-33(36)27-15-17-28(18-16-27)38-22-11-9-7-8-10-12-23-40-32(35)25(2)3/h13-20,24H,2,5-12,21-23H2,1,3-4H3/b20-14+. The number of hydrogen-bond donors (Lipinski definition) is 0. The van der Waals surface area contributed by atoms with Gasteiger partial charge in [-0.2, -0.15) is 0 Å². The molecule has 0 aliphatic heterocycles. The zero-order chi connectivity index (χ0) is 29.9.